The minimum absolute atomic E-state index is 0. The molecule has 0 aromatic carbocycles. The lowest BCUT2D eigenvalue weighted by Crippen LogP contribution is -2.46. The van der Waals surface area contributed by atoms with Crippen LogP contribution in [0.15, 0.2) is 27.8 Å². The zero-order valence-corrected chi connectivity index (χ0v) is 17.4. The van der Waals surface area contributed by atoms with Gasteiger partial charge in [0.05, 0.1) is 12.4 Å². The third kappa shape index (κ3) is 9.46. The number of rotatable bonds is 9. The summed E-state index contributed by atoms with van der Waals surface area (Å²) >= 11 is 0. The van der Waals surface area contributed by atoms with E-state index >= 15 is 0 Å². The molecule has 0 spiro atoms. The van der Waals surface area contributed by atoms with Crippen LogP contribution < -0.4 is 10.6 Å². The van der Waals surface area contributed by atoms with Crippen LogP contribution in [-0.2, 0) is 11.2 Å². The van der Waals surface area contributed by atoms with Gasteiger partial charge in [0.15, 0.2) is 5.96 Å². The first-order chi connectivity index (χ1) is 11.8. The van der Waals surface area contributed by atoms with Gasteiger partial charge in [-0.3, -0.25) is 4.99 Å². The fraction of sp³-hybridized carbons (Fsp3) is 0.722. The number of ether oxygens (including phenoxy) is 1. The van der Waals surface area contributed by atoms with Crippen molar-refractivity contribution in [2.75, 3.05) is 26.3 Å². The van der Waals surface area contributed by atoms with Crippen LogP contribution in [0.5, 0.6) is 0 Å². The molecule has 0 aliphatic heterocycles. The molecule has 1 fully saturated rings. The number of nitrogens with zero attached hydrogens (tertiary/aromatic N) is 1. The molecule has 7 heteroatoms. The van der Waals surface area contributed by atoms with Gasteiger partial charge in [-0.15, -0.1) is 24.0 Å². The number of aliphatic hydroxyl groups excluding tert-OH is 1. The van der Waals surface area contributed by atoms with Crippen molar-refractivity contribution in [2.45, 2.75) is 57.6 Å². The highest BCUT2D eigenvalue weighted by molar-refractivity contribution is 14.0. The van der Waals surface area contributed by atoms with Gasteiger partial charge in [-0.1, -0.05) is 0 Å². The first kappa shape index (κ1) is 22.2. The third-order valence-corrected chi connectivity index (χ3v) is 4.20. The molecule has 25 heavy (non-hydrogen) atoms. The summed E-state index contributed by atoms with van der Waals surface area (Å²) in [6.07, 6.45) is 7.00. The highest BCUT2D eigenvalue weighted by Crippen LogP contribution is 2.18. The molecule has 0 atom stereocenters. The van der Waals surface area contributed by atoms with E-state index in [1.54, 1.807) is 6.26 Å². The van der Waals surface area contributed by atoms with E-state index in [0.29, 0.717) is 6.04 Å². The number of halogens is 1. The van der Waals surface area contributed by atoms with Gasteiger partial charge < -0.3 is 24.9 Å². The van der Waals surface area contributed by atoms with E-state index in [1.807, 2.05) is 19.1 Å². The number of aliphatic imine (C=N–C) groups is 1. The van der Waals surface area contributed by atoms with E-state index in [4.69, 9.17) is 9.15 Å². The van der Waals surface area contributed by atoms with Crippen LogP contribution in [-0.4, -0.2) is 49.5 Å². The van der Waals surface area contributed by atoms with Crippen molar-refractivity contribution in [2.24, 2.45) is 4.99 Å². The maximum Gasteiger partial charge on any atom is 0.191 e. The topological polar surface area (TPSA) is 79.0 Å². The second-order valence-corrected chi connectivity index (χ2v) is 6.19. The number of nitrogens with one attached hydrogen (secondary N) is 2. The summed E-state index contributed by atoms with van der Waals surface area (Å²) in [5.41, 5.74) is 0. The molecule has 0 amide bonds. The van der Waals surface area contributed by atoms with Crippen LogP contribution in [0.4, 0.5) is 0 Å². The van der Waals surface area contributed by atoms with Crippen molar-refractivity contribution in [3.63, 3.8) is 0 Å². The smallest absolute Gasteiger partial charge is 0.191 e. The molecule has 3 N–H and O–H groups in total. The summed E-state index contributed by atoms with van der Waals surface area (Å²) < 4.78 is 10.7. The van der Waals surface area contributed by atoms with Gasteiger partial charge in [-0.2, -0.15) is 0 Å². The van der Waals surface area contributed by atoms with Gasteiger partial charge in [0.25, 0.3) is 0 Å². The quantitative estimate of drug-likeness (QED) is 0.226. The average Bonchev–Trinajstić information content (AvgIpc) is 3.10. The zero-order valence-electron chi connectivity index (χ0n) is 15.1. The van der Waals surface area contributed by atoms with Crippen LogP contribution >= 0.6 is 24.0 Å². The van der Waals surface area contributed by atoms with Gasteiger partial charge >= 0.3 is 0 Å². The van der Waals surface area contributed by atoms with Crippen LogP contribution in [0, 0.1) is 0 Å². The molecule has 1 saturated carbocycles. The molecular formula is C18H32IN3O3. The van der Waals surface area contributed by atoms with E-state index in [2.05, 4.69) is 15.6 Å². The Morgan fingerprint density at radius 2 is 2.16 bits per heavy atom. The maximum absolute atomic E-state index is 9.63. The second-order valence-electron chi connectivity index (χ2n) is 6.19. The molecule has 144 valence electrons. The Labute approximate surface area is 167 Å². The molecule has 1 aromatic rings. The molecule has 1 aliphatic carbocycles. The van der Waals surface area contributed by atoms with Gasteiger partial charge in [0, 0.05) is 38.8 Å². The normalized spacial score (nSPS) is 20.8. The van der Waals surface area contributed by atoms with Crippen molar-refractivity contribution in [1.29, 1.82) is 0 Å². The summed E-state index contributed by atoms with van der Waals surface area (Å²) in [4.78, 5) is 4.65. The lowest BCUT2D eigenvalue weighted by atomic mass is 9.93. The van der Waals surface area contributed by atoms with Crippen LogP contribution in [0.25, 0.3) is 0 Å². The zero-order chi connectivity index (χ0) is 17.0. The van der Waals surface area contributed by atoms with Gasteiger partial charge in [-0.25, -0.2) is 0 Å². The fourth-order valence-electron chi connectivity index (χ4n) is 2.83. The number of hydrogen-bond donors (Lipinski definition) is 3. The van der Waals surface area contributed by atoms with Crippen molar-refractivity contribution in [1.82, 2.24) is 10.6 Å². The molecule has 0 radical (unpaired) electrons. The third-order valence-electron chi connectivity index (χ3n) is 4.20. The summed E-state index contributed by atoms with van der Waals surface area (Å²) in [6, 6.07) is 4.27. The van der Waals surface area contributed by atoms with E-state index in [1.165, 1.54) is 0 Å². The van der Waals surface area contributed by atoms with Crippen molar-refractivity contribution >= 4 is 29.9 Å². The number of furan rings is 1. The first-order valence-corrected chi connectivity index (χ1v) is 9.11. The molecule has 6 nitrogen and oxygen atoms in total. The van der Waals surface area contributed by atoms with E-state index in [-0.39, 0.29) is 30.1 Å². The number of aliphatic hydroxyl groups is 1. The molecule has 0 bridgehead atoms. The van der Waals surface area contributed by atoms with E-state index < -0.39 is 0 Å². The summed E-state index contributed by atoms with van der Waals surface area (Å²) in [6.45, 7) is 5.02. The Balaban J connectivity index is 0.00000312. The van der Waals surface area contributed by atoms with Crippen LogP contribution in [0.2, 0.25) is 0 Å². The molecular weight excluding hydrogens is 433 g/mol. The Bertz CT molecular complexity index is 460. The van der Waals surface area contributed by atoms with Gasteiger partial charge in [0.1, 0.15) is 5.76 Å². The molecule has 1 aliphatic rings. The largest absolute Gasteiger partial charge is 0.469 e. The van der Waals surface area contributed by atoms with Crippen LogP contribution in [0.1, 0.15) is 44.8 Å². The molecule has 2 rings (SSSR count). The van der Waals surface area contributed by atoms with E-state index in [9.17, 15) is 5.11 Å². The standard InChI is InChI=1S/C18H31N3O3.HI/c1-2-23-13-4-11-19-18(20-12-10-17-5-3-14-24-17)21-15-6-8-16(22)9-7-15;/h3,5,14-16,22H,2,4,6-13H2,1H3,(H2,19,20,21);1H. The monoisotopic (exact) mass is 465 g/mol. The lowest BCUT2D eigenvalue weighted by molar-refractivity contribution is 0.120. The Morgan fingerprint density at radius 3 is 2.84 bits per heavy atom. The highest BCUT2D eigenvalue weighted by atomic mass is 127. The maximum atomic E-state index is 9.63. The minimum Gasteiger partial charge on any atom is -0.469 e. The predicted molar refractivity (Wildman–Crippen MR) is 111 cm³/mol. The number of hydrogen-bond acceptors (Lipinski definition) is 4. The Hall–Kier alpha value is -0.800. The predicted octanol–water partition coefficient (Wildman–Crippen LogP) is 2.71. The van der Waals surface area contributed by atoms with Crippen LogP contribution in [0.3, 0.4) is 0 Å². The summed E-state index contributed by atoms with van der Waals surface area (Å²) in [5, 5.41) is 16.5. The molecule has 1 heterocycles. The van der Waals surface area contributed by atoms with Crippen molar-refractivity contribution < 1.29 is 14.3 Å². The minimum atomic E-state index is -0.137. The van der Waals surface area contributed by atoms with Gasteiger partial charge in [-0.05, 0) is 51.2 Å². The van der Waals surface area contributed by atoms with E-state index in [0.717, 1.165) is 76.5 Å². The Kier molecular flexibility index (Phi) is 11.9. The van der Waals surface area contributed by atoms with Gasteiger partial charge in [0.2, 0.25) is 0 Å². The summed E-state index contributed by atoms with van der Waals surface area (Å²) in [5.74, 6) is 1.82. The fourth-order valence-corrected chi connectivity index (χ4v) is 2.83. The van der Waals surface area contributed by atoms with Crippen molar-refractivity contribution in [3.8, 4) is 0 Å². The Morgan fingerprint density at radius 1 is 1.36 bits per heavy atom. The lowest BCUT2D eigenvalue weighted by Gasteiger charge is -2.27. The average molecular weight is 465 g/mol. The molecule has 0 saturated heterocycles. The first-order valence-electron chi connectivity index (χ1n) is 9.11. The molecule has 1 aromatic heterocycles. The van der Waals surface area contributed by atoms with Crippen molar-refractivity contribution in [3.05, 3.63) is 24.2 Å². The summed E-state index contributed by atoms with van der Waals surface area (Å²) in [7, 11) is 0. The highest BCUT2D eigenvalue weighted by Gasteiger charge is 2.20. The number of guanidine groups is 1. The SMILES string of the molecule is CCOCCCN=C(NCCc1ccco1)NC1CCC(O)CC1.I. The second kappa shape index (κ2) is 13.4. The molecule has 0 unspecified atom stereocenters.